The van der Waals surface area contributed by atoms with Crippen molar-refractivity contribution < 1.29 is 19.0 Å². The number of rotatable bonds is 5. The van der Waals surface area contributed by atoms with Crippen LogP contribution in [0.2, 0.25) is 0 Å². The van der Waals surface area contributed by atoms with Gasteiger partial charge in [-0.15, -0.1) is 11.8 Å². The molecule has 1 fully saturated rings. The van der Waals surface area contributed by atoms with E-state index >= 15 is 0 Å². The maximum atomic E-state index is 13.7. The van der Waals surface area contributed by atoms with Crippen molar-refractivity contribution in [2.45, 2.75) is 42.7 Å². The molecule has 26 heavy (non-hydrogen) atoms. The highest BCUT2D eigenvalue weighted by Gasteiger charge is 2.26. The van der Waals surface area contributed by atoms with Gasteiger partial charge in [0.15, 0.2) is 0 Å². The van der Waals surface area contributed by atoms with Gasteiger partial charge in [-0.1, -0.05) is 18.9 Å². The Morgan fingerprint density at radius 3 is 2.92 bits per heavy atom. The van der Waals surface area contributed by atoms with Gasteiger partial charge in [-0.05, 0) is 43.4 Å². The monoisotopic (exact) mass is 376 g/mol. The number of carbonyl (C=O) groups excluding carboxylic acids is 1. The van der Waals surface area contributed by atoms with Crippen LogP contribution in [0.1, 0.15) is 36.0 Å². The van der Waals surface area contributed by atoms with Crippen LogP contribution in [-0.4, -0.2) is 34.4 Å². The van der Waals surface area contributed by atoms with Gasteiger partial charge in [0.1, 0.15) is 17.1 Å². The molecule has 0 saturated heterocycles. The van der Waals surface area contributed by atoms with Crippen LogP contribution in [0, 0.1) is 5.82 Å². The van der Waals surface area contributed by atoms with Crippen molar-refractivity contribution >= 4 is 17.7 Å². The molecule has 0 radical (unpaired) electrons. The van der Waals surface area contributed by atoms with Gasteiger partial charge in [0.25, 0.3) is 5.91 Å². The molecule has 1 saturated carbocycles. The average Bonchev–Trinajstić information content (AvgIpc) is 2.65. The zero-order chi connectivity index (χ0) is 18.5. The predicted octanol–water partition coefficient (Wildman–Crippen LogP) is 3.77. The Bertz CT molecular complexity index is 787. The van der Waals surface area contributed by atoms with Gasteiger partial charge < -0.3 is 15.2 Å². The second kappa shape index (κ2) is 8.51. The van der Waals surface area contributed by atoms with E-state index in [1.54, 1.807) is 17.8 Å². The quantitative estimate of drug-likeness (QED) is 0.778. The van der Waals surface area contributed by atoms with Gasteiger partial charge in [0.05, 0.1) is 18.3 Å². The first-order valence-electron chi connectivity index (χ1n) is 8.53. The summed E-state index contributed by atoms with van der Waals surface area (Å²) in [6, 6.07) is 8.11. The smallest absolute Gasteiger partial charge is 0.257 e. The fourth-order valence-electron chi connectivity index (χ4n) is 2.97. The van der Waals surface area contributed by atoms with Crippen molar-refractivity contribution in [2.24, 2.45) is 0 Å². The molecule has 0 spiro atoms. The molecule has 1 aliphatic carbocycles. The number of benzene rings is 1. The molecule has 2 N–H and O–H groups in total. The number of aromatic nitrogens is 1. The molecule has 5 nitrogen and oxygen atoms in total. The van der Waals surface area contributed by atoms with Crippen molar-refractivity contribution in [1.29, 1.82) is 0 Å². The fourth-order valence-corrected chi connectivity index (χ4v) is 3.42. The lowest BCUT2D eigenvalue weighted by Gasteiger charge is -2.28. The highest BCUT2D eigenvalue weighted by atomic mass is 32.2. The first-order valence-corrected chi connectivity index (χ1v) is 9.75. The number of halogens is 1. The lowest BCUT2D eigenvalue weighted by molar-refractivity contribution is 0.0715. The number of ether oxygens (including phenoxy) is 1. The van der Waals surface area contributed by atoms with E-state index in [9.17, 15) is 14.3 Å². The largest absolute Gasteiger partial charge is 0.438 e. The van der Waals surface area contributed by atoms with E-state index in [0.717, 1.165) is 30.0 Å². The van der Waals surface area contributed by atoms with Gasteiger partial charge in [-0.25, -0.2) is 9.37 Å². The average molecular weight is 376 g/mol. The zero-order valence-electron chi connectivity index (χ0n) is 14.4. The Balaban J connectivity index is 1.81. The predicted molar refractivity (Wildman–Crippen MR) is 98.2 cm³/mol. The summed E-state index contributed by atoms with van der Waals surface area (Å²) in [6.45, 7) is 0. The maximum absolute atomic E-state index is 13.7. The third-order valence-electron chi connectivity index (χ3n) is 4.36. The summed E-state index contributed by atoms with van der Waals surface area (Å²) in [5.74, 6) is -0.571. The normalized spacial score (nSPS) is 19.8. The van der Waals surface area contributed by atoms with Crippen LogP contribution >= 0.6 is 11.8 Å². The van der Waals surface area contributed by atoms with Gasteiger partial charge in [-0.3, -0.25) is 4.79 Å². The summed E-state index contributed by atoms with van der Waals surface area (Å²) in [4.78, 5) is 17.6. The Hall–Kier alpha value is -2.12. The summed E-state index contributed by atoms with van der Waals surface area (Å²) in [5.41, 5.74) is 0.0114. The van der Waals surface area contributed by atoms with E-state index < -0.39 is 17.8 Å². The molecule has 2 aromatic rings. The lowest BCUT2D eigenvalue weighted by Crippen LogP contribution is -2.45. The van der Waals surface area contributed by atoms with Gasteiger partial charge in [0.2, 0.25) is 5.88 Å². The van der Waals surface area contributed by atoms with Crippen LogP contribution < -0.4 is 10.1 Å². The fraction of sp³-hybridized carbons (Fsp3) is 0.368. The van der Waals surface area contributed by atoms with Gasteiger partial charge in [-0.2, -0.15) is 0 Å². The van der Waals surface area contributed by atoms with Gasteiger partial charge in [0, 0.05) is 4.90 Å². The summed E-state index contributed by atoms with van der Waals surface area (Å²) < 4.78 is 19.4. The molecule has 0 aliphatic heterocycles. The number of aliphatic hydroxyl groups is 1. The zero-order valence-corrected chi connectivity index (χ0v) is 15.3. The summed E-state index contributed by atoms with van der Waals surface area (Å²) in [6.07, 6.45) is 5.60. The van der Waals surface area contributed by atoms with E-state index in [-0.39, 0.29) is 17.5 Å². The van der Waals surface area contributed by atoms with Crippen molar-refractivity contribution in [2.75, 3.05) is 6.26 Å². The molecule has 1 aromatic heterocycles. The minimum Gasteiger partial charge on any atom is -0.438 e. The van der Waals surface area contributed by atoms with E-state index in [1.165, 1.54) is 0 Å². The molecule has 3 rings (SSSR count). The molecule has 2 atom stereocenters. The molecule has 138 valence electrons. The highest BCUT2D eigenvalue weighted by molar-refractivity contribution is 7.98. The van der Waals surface area contributed by atoms with Crippen LogP contribution in [0.5, 0.6) is 11.6 Å². The van der Waals surface area contributed by atoms with Crippen LogP contribution in [0.4, 0.5) is 4.39 Å². The number of thioether (sulfide) groups is 1. The second-order valence-electron chi connectivity index (χ2n) is 6.22. The van der Waals surface area contributed by atoms with E-state index in [2.05, 4.69) is 10.3 Å². The Kier molecular flexibility index (Phi) is 6.11. The third-order valence-corrected chi connectivity index (χ3v) is 5.09. The summed E-state index contributed by atoms with van der Waals surface area (Å²) in [5, 5.41) is 12.8. The Morgan fingerprint density at radius 2 is 2.15 bits per heavy atom. The molecule has 1 aromatic carbocycles. The Labute approximate surface area is 156 Å². The lowest BCUT2D eigenvalue weighted by atomic mass is 9.92. The molecule has 0 unspecified atom stereocenters. The third kappa shape index (κ3) is 4.53. The number of hydrogen-bond acceptors (Lipinski definition) is 5. The molecule has 0 bridgehead atoms. The van der Waals surface area contributed by atoms with Crippen LogP contribution in [-0.2, 0) is 0 Å². The van der Waals surface area contributed by atoms with Crippen molar-refractivity contribution in [3.05, 3.63) is 47.9 Å². The minimum atomic E-state index is -0.621. The number of hydrogen-bond donors (Lipinski definition) is 2. The minimum absolute atomic E-state index is 0.0114. The maximum Gasteiger partial charge on any atom is 0.257 e. The van der Waals surface area contributed by atoms with Gasteiger partial charge >= 0.3 is 0 Å². The van der Waals surface area contributed by atoms with Crippen LogP contribution in [0.25, 0.3) is 0 Å². The van der Waals surface area contributed by atoms with Crippen LogP contribution in [0.15, 0.2) is 41.4 Å². The van der Waals surface area contributed by atoms with E-state index in [1.807, 2.05) is 24.5 Å². The summed E-state index contributed by atoms with van der Waals surface area (Å²) >= 11 is 1.56. The number of pyridine rings is 1. The summed E-state index contributed by atoms with van der Waals surface area (Å²) in [7, 11) is 0. The first kappa shape index (κ1) is 18.7. The van der Waals surface area contributed by atoms with E-state index in [4.69, 9.17) is 4.74 Å². The topological polar surface area (TPSA) is 71.5 Å². The standard InChI is InChI=1S/C19H21FN2O3S/c1-26-14-6-4-5-13(10-14)25-19-15(9-12(20)11-21-19)18(24)22-16-7-2-3-8-17(16)23/h4-6,9-11,16-17,23H,2-3,7-8H2,1H3,(H,22,24)/t16-,17+/m1/s1. The SMILES string of the molecule is CSc1cccc(Oc2ncc(F)cc2C(=O)N[C@@H]2CCCC[C@@H]2O)c1. The van der Waals surface area contributed by atoms with Crippen molar-refractivity contribution in [3.63, 3.8) is 0 Å². The number of aliphatic hydroxyl groups excluding tert-OH is 1. The van der Waals surface area contributed by atoms with E-state index in [0.29, 0.717) is 18.6 Å². The number of nitrogens with zero attached hydrogens (tertiary/aromatic N) is 1. The second-order valence-corrected chi connectivity index (χ2v) is 7.10. The molecular weight excluding hydrogens is 355 g/mol. The molecule has 7 heteroatoms. The van der Waals surface area contributed by atoms with Crippen molar-refractivity contribution in [1.82, 2.24) is 10.3 Å². The molecule has 1 amide bonds. The number of nitrogens with one attached hydrogen (secondary N) is 1. The Morgan fingerprint density at radius 1 is 1.35 bits per heavy atom. The first-order chi connectivity index (χ1) is 12.6. The van der Waals surface area contributed by atoms with Crippen LogP contribution in [0.3, 0.4) is 0 Å². The number of amides is 1. The molecular formula is C19H21FN2O3S. The highest BCUT2D eigenvalue weighted by Crippen LogP contribution is 2.27. The molecule has 1 heterocycles. The number of carbonyl (C=O) groups is 1. The van der Waals surface area contributed by atoms with Crippen molar-refractivity contribution in [3.8, 4) is 11.6 Å². The molecule has 1 aliphatic rings.